The molecule has 1 aromatic rings. The van der Waals surface area contributed by atoms with Crippen molar-refractivity contribution in [2.45, 2.75) is 26.2 Å². The highest BCUT2D eigenvalue weighted by Gasteiger charge is 2.08. The molecule has 0 spiro atoms. The fraction of sp³-hybridized carbons (Fsp3) is 0.438. The second-order valence-electron chi connectivity index (χ2n) is 4.79. The number of unbranched alkanes of at least 4 members (excludes halogenated alkanes) is 2. The van der Waals surface area contributed by atoms with Crippen LogP contribution in [0.5, 0.6) is 0 Å². The van der Waals surface area contributed by atoms with Crippen LogP contribution in [0.15, 0.2) is 41.7 Å². The summed E-state index contributed by atoms with van der Waals surface area (Å²) in [5.74, 6) is 0. The van der Waals surface area contributed by atoms with Gasteiger partial charge in [0.2, 0.25) is 0 Å². The van der Waals surface area contributed by atoms with Gasteiger partial charge in [0.05, 0.1) is 0 Å². The zero-order valence-corrected chi connectivity index (χ0v) is 11.7. The smallest absolute Gasteiger partial charge is 0.0496 e. The predicted octanol–water partition coefficient (Wildman–Crippen LogP) is 3.18. The average Bonchev–Trinajstić information content (AvgIpc) is 2.65. The molecule has 0 fully saturated rings. The van der Waals surface area contributed by atoms with Crippen LogP contribution in [0.25, 0.3) is 0 Å². The van der Waals surface area contributed by atoms with Gasteiger partial charge in [0.15, 0.2) is 0 Å². The molecule has 1 aliphatic rings. The molecule has 0 unspecified atom stereocenters. The molecule has 1 aromatic carbocycles. The van der Waals surface area contributed by atoms with Gasteiger partial charge in [-0.2, -0.15) is 0 Å². The van der Waals surface area contributed by atoms with Crippen molar-refractivity contribution in [3.8, 4) is 0 Å². The maximum absolute atomic E-state index is 4.26. The van der Waals surface area contributed by atoms with Gasteiger partial charge >= 0.3 is 0 Å². The Labute approximate surface area is 116 Å². The minimum Gasteiger partial charge on any atom is -0.345 e. The standard InChI is InChI=1S/C16H23N3/c1-2-3-6-9-17-10-12-19-13-11-18-14-15-7-4-5-8-16(15)19/h4-5,7-8,11,13-14,17H,2-3,6,9-10,12H2,1H3. The summed E-state index contributed by atoms with van der Waals surface area (Å²) >= 11 is 0. The first-order valence-electron chi connectivity index (χ1n) is 7.18. The maximum atomic E-state index is 4.26. The van der Waals surface area contributed by atoms with Crippen molar-refractivity contribution in [1.82, 2.24) is 5.32 Å². The largest absolute Gasteiger partial charge is 0.345 e. The molecule has 0 saturated carbocycles. The number of hydrogen-bond donors (Lipinski definition) is 1. The van der Waals surface area contributed by atoms with Gasteiger partial charge in [0, 0.05) is 43.0 Å². The molecule has 0 amide bonds. The number of benzene rings is 1. The molecule has 3 nitrogen and oxygen atoms in total. The molecule has 0 aliphatic carbocycles. The van der Waals surface area contributed by atoms with Crippen LogP contribution >= 0.6 is 0 Å². The topological polar surface area (TPSA) is 27.6 Å². The number of para-hydroxylation sites is 1. The normalized spacial score (nSPS) is 13.4. The number of fused-ring (bicyclic) bond motifs is 1. The molecule has 3 heteroatoms. The van der Waals surface area contributed by atoms with E-state index in [1.807, 2.05) is 12.4 Å². The summed E-state index contributed by atoms with van der Waals surface area (Å²) in [7, 11) is 0. The van der Waals surface area contributed by atoms with Gasteiger partial charge in [0.1, 0.15) is 0 Å². The summed E-state index contributed by atoms with van der Waals surface area (Å²) in [4.78, 5) is 6.52. The van der Waals surface area contributed by atoms with E-state index < -0.39 is 0 Å². The van der Waals surface area contributed by atoms with Crippen LogP contribution in [0.4, 0.5) is 5.69 Å². The molecule has 1 aliphatic heterocycles. The molecule has 19 heavy (non-hydrogen) atoms. The number of aliphatic imine (C=N–C) groups is 1. The van der Waals surface area contributed by atoms with E-state index in [1.54, 1.807) is 0 Å². The molecule has 1 N–H and O–H groups in total. The Balaban J connectivity index is 1.84. The molecule has 0 radical (unpaired) electrons. The third kappa shape index (κ3) is 4.21. The van der Waals surface area contributed by atoms with Gasteiger partial charge < -0.3 is 10.2 Å². The summed E-state index contributed by atoms with van der Waals surface area (Å²) in [5.41, 5.74) is 2.41. The summed E-state index contributed by atoms with van der Waals surface area (Å²) in [6.07, 6.45) is 9.69. The fourth-order valence-corrected chi connectivity index (χ4v) is 2.20. The Morgan fingerprint density at radius 2 is 2.05 bits per heavy atom. The molecule has 0 atom stereocenters. The van der Waals surface area contributed by atoms with Crippen LogP contribution in [0.1, 0.15) is 31.7 Å². The van der Waals surface area contributed by atoms with E-state index in [2.05, 4.69) is 52.6 Å². The SMILES string of the molecule is CCCCCNCCN1C=CN=Cc2ccccc21. The van der Waals surface area contributed by atoms with Crippen LogP contribution in [0.2, 0.25) is 0 Å². The van der Waals surface area contributed by atoms with Gasteiger partial charge in [-0.1, -0.05) is 38.0 Å². The Morgan fingerprint density at radius 1 is 1.16 bits per heavy atom. The lowest BCUT2D eigenvalue weighted by atomic mass is 10.2. The molecule has 0 bridgehead atoms. The molecule has 0 saturated heterocycles. The minimum absolute atomic E-state index is 0.975. The van der Waals surface area contributed by atoms with Crippen molar-refractivity contribution < 1.29 is 0 Å². The molecule has 102 valence electrons. The van der Waals surface area contributed by atoms with Crippen LogP contribution in [-0.4, -0.2) is 25.8 Å². The van der Waals surface area contributed by atoms with Crippen molar-refractivity contribution in [3.05, 3.63) is 42.2 Å². The Morgan fingerprint density at radius 3 is 2.95 bits per heavy atom. The predicted molar refractivity (Wildman–Crippen MR) is 82.9 cm³/mol. The van der Waals surface area contributed by atoms with E-state index in [-0.39, 0.29) is 0 Å². The number of hydrogen-bond acceptors (Lipinski definition) is 3. The van der Waals surface area contributed by atoms with E-state index in [0.717, 1.165) is 19.6 Å². The van der Waals surface area contributed by atoms with Gasteiger partial charge in [-0.3, -0.25) is 4.99 Å². The van der Waals surface area contributed by atoms with Crippen LogP contribution < -0.4 is 10.2 Å². The third-order valence-electron chi connectivity index (χ3n) is 3.28. The maximum Gasteiger partial charge on any atom is 0.0496 e. The highest BCUT2D eigenvalue weighted by atomic mass is 15.1. The first-order chi connectivity index (χ1) is 9.42. The lowest BCUT2D eigenvalue weighted by Gasteiger charge is -2.21. The highest BCUT2D eigenvalue weighted by molar-refractivity contribution is 5.89. The summed E-state index contributed by atoms with van der Waals surface area (Å²) in [5, 5.41) is 3.50. The molecular formula is C16H23N3. The molecule has 2 rings (SSSR count). The van der Waals surface area contributed by atoms with Gasteiger partial charge in [-0.25, -0.2) is 0 Å². The van der Waals surface area contributed by atoms with E-state index in [4.69, 9.17) is 0 Å². The third-order valence-corrected chi connectivity index (χ3v) is 3.28. The second-order valence-corrected chi connectivity index (χ2v) is 4.79. The summed E-state index contributed by atoms with van der Waals surface area (Å²) in [6.45, 7) is 5.33. The fourth-order valence-electron chi connectivity index (χ4n) is 2.20. The molecule has 0 aromatic heterocycles. The average molecular weight is 257 g/mol. The van der Waals surface area contributed by atoms with E-state index >= 15 is 0 Å². The Bertz CT molecular complexity index is 437. The zero-order valence-electron chi connectivity index (χ0n) is 11.7. The van der Waals surface area contributed by atoms with E-state index in [0.29, 0.717) is 0 Å². The number of rotatable bonds is 7. The lowest BCUT2D eigenvalue weighted by molar-refractivity contribution is 0.618. The van der Waals surface area contributed by atoms with E-state index in [9.17, 15) is 0 Å². The van der Waals surface area contributed by atoms with Gasteiger partial charge in [0.25, 0.3) is 0 Å². The quantitative estimate of drug-likeness (QED) is 0.760. The molecule has 1 heterocycles. The van der Waals surface area contributed by atoms with E-state index in [1.165, 1.54) is 30.5 Å². The number of nitrogens with zero attached hydrogens (tertiary/aromatic N) is 2. The zero-order chi connectivity index (χ0) is 13.3. The van der Waals surface area contributed by atoms with Crippen molar-refractivity contribution in [2.75, 3.05) is 24.5 Å². The monoisotopic (exact) mass is 257 g/mol. The minimum atomic E-state index is 0.975. The van der Waals surface area contributed by atoms with Crippen LogP contribution in [0.3, 0.4) is 0 Å². The van der Waals surface area contributed by atoms with Crippen LogP contribution in [0, 0.1) is 0 Å². The first kappa shape index (κ1) is 13.8. The van der Waals surface area contributed by atoms with Gasteiger partial charge in [-0.05, 0) is 19.0 Å². The number of nitrogens with one attached hydrogen (secondary N) is 1. The highest BCUT2D eigenvalue weighted by Crippen LogP contribution is 2.20. The second kappa shape index (κ2) is 7.74. The number of anilines is 1. The lowest BCUT2D eigenvalue weighted by Crippen LogP contribution is -2.29. The molecular weight excluding hydrogens is 234 g/mol. The van der Waals surface area contributed by atoms with Crippen molar-refractivity contribution in [1.29, 1.82) is 0 Å². The Kier molecular flexibility index (Phi) is 5.63. The Hall–Kier alpha value is -1.61. The van der Waals surface area contributed by atoms with Crippen LogP contribution in [-0.2, 0) is 0 Å². The van der Waals surface area contributed by atoms with Crippen molar-refractivity contribution in [3.63, 3.8) is 0 Å². The van der Waals surface area contributed by atoms with Gasteiger partial charge in [-0.15, -0.1) is 0 Å². The first-order valence-corrected chi connectivity index (χ1v) is 7.18. The van der Waals surface area contributed by atoms with Crippen molar-refractivity contribution >= 4 is 11.9 Å². The van der Waals surface area contributed by atoms with Crippen molar-refractivity contribution in [2.24, 2.45) is 4.99 Å². The summed E-state index contributed by atoms with van der Waals surface area (Å²) in [6, 6.07) is 8.38. The summed E-state index contributed by atoms with van der Waals surface area (Å²) < 4.78 is 0.